The van der Waals surface area contributed by atoms with Gasteiger partial charge in [-0.25, -0.2) is 5.01 Å². The molecule has 1 N–H and O–H groups in total. The summed E-state index contributed by atoms with van der Waals surface area (Å²) in [4.78, 5) is 27.0. The van der Waals surface area contributed by atoms with E-state index in [9.17, 15) is 9.59 Å². The Morgan fingerprint density at radius 3 is 2.20 bits per heavy atom. The lowest BCUT2D eigenvalue weighted by Crippen LogP contribution is -2.54. The largest absolute Gasteiger partial charge is 0.340 e. The normalized spacial score (nSPS) is 14.9. The molecule has 2 aromatic rings. The Kier molecular flexibility index (Phi) is 8.08. The number of carbonyl (C=O) groups excluding carboxylic acids is 2. The van der Waals surface area contributed by atoms with Gasteiger partial charge in [0, 0.05) is 54.0 Å². The topological polar surface area (TPSA) is 52.7 Å². The van der Waals surface area contributed by atoms with Gasteiger partial charge in [-0.1, -0.05) is 52.6 Å². The first-order chi connectivity index (χ1) is 14.3. The van der Waals surface area contributed by atoms with Crippen LogP contribution in [-0.2, 0) is 9.59 Å². The summed E-state index contributed by atoms with van der Waals surface area (Å²) in [5.41, 5.74) is 3.63. The molecule has 30 heavy (non-hydrogen) atoms. The summed E-state index contributed by atoms with van der Waals surface area (Å²) in [7, 11) is 0. The fourth-order valence-corrected chi connectivity index (χ4v) is 4.53. The molecule has 0 bridgehead atoms. The molecule has 1 fully saturated rings. The Labute approximate surface area is 194 Å². The predicted octanol–water partition coefficient (Wildman–Crippen LogP) is 5.01. The Morgan fingerprint density at radius 2 is 1.60 bits per heavy atom. The number of amides is 2. The average Bonchev–Trinajstić information content (AvgIpc) is 2.70. The second-order valence-electron chi connectivity index (χ2n) is 6.67. The third-order valence-corrected chi connectivity index (χ3v) is 6.73. The van der Waals surface area contributed by atoms with E-state index < -0.39 is 0 Å². The first kappa shape index (κ1) is 23.0. The van der Waals surface area contributed by atoms with Gasteiger partial charge in [-0.3, -0.25) is 15.0 Å². The maximum Gasteiger partial charge on any atom is 0.258 e. The van der Waals surface area contributed by atoms with Crippen LogP contribution >= 0.6 is 46.6 Å². The van der Waals surface area contributed by atoms with Crippen LogP contribution in [0.25, 0.3) is 6.08 Å². The fourth-order valence-electron chi connectivity index (χ4n) is 2.88. The van der Waals surface area contributed by atoms with Gasteiger partial charge in [0.15, 0.2) is 0 Å². The van der Waals surface area contributed by atoms with Crippen LogP contribution in [-0.4, -0.2) is 47.9 Å². The van der Waals surface area contributed by atoms with Crippen molar-refractivity contribution in [2.75, 3.05) is 26.2 Å². The number of rotatable bonds is 5. The highest BCUT2D eigenvalue weighted by Gasteiger charge is 2.19. The number of nitrogens with zero attached hydrogens (tertiary/aromatic N) is 2. The van der Waals surface area contributed by atoms with E-state index in [0.717, 1.165) is 15.4 Å². The lowest BCUT2D eigenvalue weighted by molar-refractivity contribution is -0.131. The molecule has 9 heteroatoms. The minimum Gasteiger partial charge on any atom is -0.340 e. The van der Waals surface area contributed by atoms with Crippen LogP contribution in [0, 0.1) is 0 Å². The summed E-state index contributed by atoms with van der Waals surface area (Å²) >= 11 is 20.0. The monoisotopic (exact) mass is 483 g/mol. The highest BCUT2D eigenvalue weighted by atomic mass is 35.5. The van der Waals surface area contributed by atoms with Crippen LogP contribution in [0.15, 0.2) is 52.3 Å². The van der Waals surface area contributed by atoms with Crippen LogP contribution in [0.5, 0.6) is 0 Å². The zero-order valence-electron chi connectivity index (χ0n) is 16.2. The molecule has 2 aromatic carbocycles. The Balaban J connectivity index is 1.56. The van der Waals surface area contributed by atoms with Crippen molar-refractivity contribution in [3.05, 3.63) is 63.1 Å². The minimum absolute atomic E-state index is 0.0534. The molecule has 0 atom stereocenters. The molecule has 5 nitrogen and oxygen atoms in total. The van der Waals surface area contributed by atoms with Crippen LogP contribution in [0.2, 0.25) is 15.1 Å². The van der Waals surface area contributed by atoms with Crippen LogP contribution in [0.4, 0.5) is 0 Å². The SMILES string of the molecule is CC(=O)N1CCN(NC(=O)/C=C/c2ccc(Sc3ccc(Cl)cc3Cl)c(Cl)c2)CC1. The van der Waals surface area contributed by atoms with Gasteiger partial charge in [0.2, 0.25) is 5.91 Å². The van der Waals surface area contributed by atoms with Gasteiger partial charge in [0.05, 0.1) is 10.0 Å². The Hall–Kier alpha value is -1.70. The number of hydrogen-bond acceptors (Lipinski definition) is 4. The van der Waals surface area contributed by atoms with Gasteiger partial charge < -0.3 is 4.90 Å². The minimum atomic E-state index is -0.228. The van der Waals surface area contributed by atoms with E-state index in [2.05, 4.69) is 5.43 Å². The summed E-state index contributed by atoms with van der Waals surface area (Å²) in [6.45, 7) is 3.96. The van der Waals surface area contributed by atoms with Crippen molar-refractivity contribution in [2.45, 2.75) is 16.7 Å². The van der Waals surface area contributed by atoms with Crippen molar-refractivity contribution < 1.29 is 9.59 Å². The lowest BCUT2D eigenvalue weighted by Gasteiger charge is -2.33. The molecule has 1 saturated heterocycles. The van der Waals surface area contributed by atoms with Gasteiger partial charge >= 0.3 is 0 Å². The van der Waals surface area contributed by atoms with E-state index in [0.29, 0.717) is 41.2 Å². The second kappa shape index (κ2) is 10.6. The van der Waals surface area contributed by atoms with Gasteiger partial charge in [-0.05, 0) is 42.0 Å². The number of benzene rings is 2. The fraction of sp³-hybridized carbons (Fsp3) is 0.238. The quantitative estimate of drug-likeness (QED) is 0.606. The van der Waals surface area contributed by atoms with Crippen molar-refractivity contribution in [3.8, 4) is 0 Å². The van der Waals surface area contributed by atoms with Crippen molar-refractivity contribution in [1.29, 1.82) is 0 Å². The first-order valence-corrected chi connectivity index (χ1v) is 11.2. The second-order valence-corrected chi connectivity index (χ2v) is 9.00. The highest BCUT2D eigenvalue weighted by molar-refractivity contribution is 7.99. The molecule has 1 aliphatic heterocycles. The predicted molar refractivity (Wildman–Crippen MR) is 123 cm³/mol. The van der Waals surface area contributed by atoms with Gasteiger partial charge in [-0.2, -0.15) is 0 Å². The molecule has 1 heterocycles. The number of carbonyl (C=O) groups is 2. The van der Waals surface area contributed by atoms with Crippen molar-refractivity contribution in [2.24, 2.45) is 0 Å². The standard InChI is InChI=1S/C21H20Cl3N3O2S/c1-14(28)26-8-10-27(11-9-26)25-21(29)7-3-15-2-5-19(17(23)12-15)30-20-6-4-16(22)13-18(20)24/h2-7,12-13H,8-11H2,1H3,(H,25,29)/b7-3+. The summed E-state index contributed by atoms with van der Waals surface area (Å²) in [6.07, 6.45) is 3.17. The van der Waals surface area contributed by atoms with Crippen LogP contribution in [0.3, 0.4) is 0 Å². The van der Waals surface area contributed by atoms with E-state index in [1.807, 2.05) is 23.2 Å². The van der Waals surface area contributed by atoms with Gasteiger partial charge in [0.1, 0.15) is 0 Å². The van der Waals surface area contributed by atoms with Crippen molar-refractivity contribution in [1.82, 2.24) is 15.3 Å². The molecule has 1 aliphatic rings. The Bertz CT molecular complexity index is 976. The van der Waals surface area contributed by atoms with Crippen LogP contribution in [0.1, 0.15) is 12.5 Å². The molecular formula is C21H20Cl3N3O2S. The maximum absolute atomic E-state index is 12.2. The highest BCUT2D eigenvalue weighted by Crippen LogP contribution is 2.38. The molecule has 2 amide bonds. The molecule has 0 spiro atoms. The first-order valence-electron chi connectivity index (χ1n) is 9.23. The van der Waals surface area contributed by atoms with E-state index >= 15 is 0 Å². The average molecular weight is 485 g/mol. The number of halogens is 3. The molecule has 0 unspecified atom stereocenters. The zero-order valence-corrected chi connectivity index (χ0v) is 19.3. The summed E-state index contributed by atoms with van der Waals surface area (Å²) < 4.78 is 0. The van der Waals surface area contributed by atoms with Gasteiger partial charge in [-0.15, -0.1) is 0 Å². The Morgan fingerprint density at radius 1 is 0.967 bits per heavy atom. The molecule has 0 aromatic heterocycles. The molecule has 0 saturated carbocycles. The molecular weight excluding hydrogens is 465 g/mol. The third-order valence-electron chi connectivity index (χ3n) is 4.49. The van der Waals surface area contributed by atoms with Crippen LogP contribution < -0.4 is 5.43 Å². The van der Waals surface area contributed by atoms with Crippen molar-refractivity contribution >= 4 is 64.5 Å². The zero-order chi connectivity index (χ0) is 21.7. The molecule has 0 radical (unpaired) electrons. The molecule has 158 valence electrons. The summed E-state index contributed by atoms with van der Waals surface area (Å²) in [6, 6.07) is 10.9. The molecule has 3 rings (SSSR count). The molecule has 0 aliphatic carbocycles. The number of hydrogen-bond donors (Lipinski definition) is 1. The van der Waals surface area contributed by atoms with E-state index in [1.54, 1.807) is 36.1 Å². The smallest absolute Gasteiger partial charge is 0.258 e. The summed E-state index contributed by atoms with van der Waals surface area (Å²) in [5, 5.41) is 3.52. The number of nitrogens with one attached hydrogen (secondary N) is 1. The lowest BCUT2D eigenvalue weighted by atomic mass is 10.2. The number of piperazine rings is 1. The maximum atomic E-state index is 12.2. The van der Waals surface area contributed by atoms with Crippen molar-refractivity contribution in [3.63, 3.8) is 0 Å². The van der Waals surface area contributed by atoms with Gasteiger partial charge in [0.25, 0.3) is 5.91 Å². The number of hydrazine groups is 1. The van der Waals surface area contributed by atoms with E-state index in [4.69, 9.17) is 34.8 Å². The third kappa shape index (κ3) is 6.40. The van der Waals surface area contributed by atoms with E-state index in [1.165, 1.54) is 17.8 Å². The summed E-state index contributed by atoms with van der Waals surface area (Å²) in [5.74, 6) is -0.175. The van der Waals surface area contributed by atoms with E-state index in [-0.39, 0.29) is 11.8 Å².